The van der Waals surface area contributed by atoms with E-state index in [0.717, 1.165) is 38.9 Å². The molecule has 122 valence electrons. The molecule has 3 N–H and O–H groups in total. The van der Waals surface area contributed by atoms with Crippen LogP contribution in [0.5, 0.6) is 0 Å². The van der Waals surface area contributed by atoms with Crippen molar-refractivity contribution in [3.8, 4) is 0 Å². The summed E-state index contributed by atoms with van der Waals surface area (Å²) in [6, 6.07) is -0.113. The lowest BCUT2D eigenvalue weighted by Gasteiger charge is -2.15. The summed E-state index contributed by atoms with van der Waals surface area (Å²) in [6.07, 6.45) is 3.82. The van der Waals surface area contributed by atoms with Crippen LogP contribution in [0.1, 0.15) is 39.0 Å². The largest absolute Gasteiger partial charge is 0.481 e. The number of rotatable bonds is 9. The Morgan fingerprint density at radius 1 is 1.33 bits per heavy atom. The zero-order chi connectivity index (χ0) is 15.7. The highest BCUT2D eigenvalue weighted by Crippen LogP contribution is 2.15. The molecule has 0 radical (unpaired) electrons. The molecule has 1 aliphatic heterocycles. The molecule has 0 aromatic carbocycles. The van der Waals surface area contributed by atoms with E-state index in [2.05, 4.69) is 29.5 Å². The number of likely N-dealkylation sites (tertiary alicyclic amines) is 1. The number of amides is 2. The number of carbonyl (C=O) groups is 2. The van der Waals surface area contributed by atoms with Crippen molar-refractivity contribution < 1.29 is 14.7 Å². The van der Waals surface area contributed by atoms with Gasteiger partial charge in [-0.05, 0) is 44.7 Å². The Hall–Kier alpha value is -1.30. The lowest BCUT2D eigenvalue weighted by Crippen LogP contribution is -2.39. The van der Waals surface area contributed by atoms with Crippen molar-refractivity contribution in [2.24, 2.45) is 11.8 Å². The molecule has 1 saturated heterocycles. The highest BCUT2D eigenvalue weighted by Gasteiger charge is 2.19. The van der Waals surface area contributed by atoms with Crippen molar-refractivity contribution in [3.63, 3.8) is 0 Å². The van der Waals surface area contributed by atoms with Crippen LogP contribution < -0.4 is 10.6 Å². The maximum Gasteiger partial charge on any atom is 0.314 e. The monoisotopic (exact) mass is 299 g/mol. The van der Waals surface area contributed by atoms with Gasteiger partial charge in [0.05, 0.1) is 0 Å². The molecule has 2 amide bonds. The predicted octanol–water partition coefficient (Wildman–Crippen LogP) is 1.52. The number of nitrogens with one attached hydrogen (secondary N) is 2. The fourth-order valence-corrected chi connectivity index (χ4v) is 2.76. The zero-order valence-corrected chi connectivity index (χ0v) is 13.2. The van der Waals surface area contributed by atoms with Gasteiger partial charge in [0.1, 0.15) is 0 Å². The van der Waals surface area contributed by atoms with Gasteiger partial charge >= 0.3 is 12.0 Å². The van der Waals surface area contributed by atoms with Gasteiger partial charge in [0.2, 0.25) is 0 Å². The molecular weight excluding hydrogens is 270 g/mol. The topological polar surface area (TPSA) is 81.7 Å². The summed E-state index contributed by atoms with van der Waals surface area (Å²) in [5.41, 5.74) is 0. The minimum atomic E-state index is -0.749. The molecule has 0 aliphatic carbocycles. The fourth-order valence-electron chi connectivity index (χ4n) is 2.76. The molecular formula is C15H29N3O3. The van der Waals surface area contributed by atoms with Crippen molar-refractivity contribution in [2.45, 2.75) is 39.0 Å². The first-order valence-corrected chi connectivity index (χ1v) is 7.93. The summed E-state index contributed by atoms with van der Waals surface area (Å²) in [7, 11) is 2.10. The zero-order valence-electron chi connectivity index (χ0n) is 13.2. The average Bonchev–Trinajstić information content (AvgIpc) is 2.86. The van der Waals surface area contributed by atoms with E-state index in [9.17, 15) is 9.59 Å². The van der Waals surface area contributed by atoms with Gasteiger partial charge in [-0.3, -0.25) is 4.79 Å². The lowest BCUT2D eigenvalue weighted by atomic mass is 9.97. The van der Waals surface area contributed by atoms with Crippen LogP contribution in [0.2, 0.25) is 0 Å². The summed E-state index contributed by atoms with van der Waals surface area (Å²) in [5.74, 6) is 0.172. The minimum absolute atomic E-state index is 0.113. The highest BCUT2D eigenvalue weighted by molar-refractivity contribution is 5.73. The Bertz CT molecular complexity index is 336. The minimum Gasteiger partial charge on any atom is -0.481 e. The predicted molar refractivity (Wildman–Crippen MR) is 82.3 cm³/mol. The third-order valence-corrected chi connectivity index (χ3v) is 4.22. The molecule has 6 nitrogen and oxygen atoms in total. The van der Waals surface area contributed by atoms with Crippen molar-refractivity contribution in [1.29, 1.82) is 0 Å². The van der Waals surface area contributed by atoms with Crippen molar-refractivity contribution in [3.05, 3.63) is 0 Å². The van der Waals surface area contributed by atoms with E-state index in [4.69, 9.17) is 5.11 Å². The molecule has 0 saturated carbocycles. The summed E-state index contributed by atoms with van der Waals surface area (Å²) in [5, 5.41) is 14.5. The van der Waals surface area contributed by atoms with Gasteiger partial charge in [0.25, 0.3) is 0 Å². The molecule has 6 heteroatoms. The van der Waals surface area contributed by atoms with E-state index in [1.54, 1.807) is 0 Å². The van der Waals surface area contributed by atoms with Gasteiger partial charge in [0, 0.05) is 26.1 Å². The SMILES string of the molecule is CCC(CCNC(=O)NCC1CCN(C)C1)CCC(=O)O. The molecule has 2 atom stereocenters. The summed E-state index contributed by atoms with van der Waals surface area (Å²) in [4.78, 5) is 24.5. The first-order valence-electron chi connectivity index (χ1n) is 7.93. The Balaban J connectivity index is 2.07. The van der Waals surface area contributed by atoms with Gasteiger partial charge in [-0.2, -0.15) is 0 Å². The smallest absolute Gasteiger partial charge is 0.314 e. The van der Waals surface area contributed by atoms with Crippen molar-refractivity contribution >= 4 is 12.0 Å². The van der Waals surface area contributed by atoms with Gasteiger partial charge in [-0.15, -0.1) is 0 Å². The number of urea groups is 1. The number of aliphatic carboxylic acids is 1. The van der Waals surface area contributed by atoms with Crippen LogP contribution in [0, 0.1) is 11.8 Å². The fraction of sp³-hybridized carbons (Fsp3) is 0.867. The first-order chi connectivity index (χ1) is 10.0. The third kappa shape index (κ3) is 7.90. The standard InChI is InChI=1S/C15H29N3O3/c1-3-12(4-5-14(19)20)6-8-16-15(21)17-10-13-7-9-18(2)11-13/h12-13H,3-11H2,1-2H3,(H,19,20)(H2,16,17,21). The van der Waals surface area contributed by atoms with E-state index in [0.29, 0.717) is 24.8 Å². The average molecular weight is 299 g/mol. The summed E-state index contributed by atoms with van der Waals surface area (Å²) >= 11 is 0. The van der Waals surface area contributed by atoms with Gasteiger partial charge < -0.3 is 20.6 Å². The molecule has 0 bridgehead atoms. The second-order valence-corrected chi connectivity index (χ2v) is 6.05. The summed E-state index contributed by atoms with van der Waals surface area (Å²) < 4.78 is 0. The van der Waals surface area contributed by atoms with Crippen LogP contribution in [0.3, 0.4) is 0 Å². The normalized spacial score (nSPS) is 20.2. The van der Waals surface area contributed by atoms with Gasteiger partial charge in [-0.1, -0.05) is 13.3 Å². The summed E-state index contributed by atoms with van der Waals surface area (Å²) in [6.45, 7) is 5.55. The van der Waals surface area contributed by atoms with E-state index >= 15 is 0 Å². The molecule has 0 spiro atoms. The van der Waals surface area contributed by atoms with Crippen molar-refractivity contribution in [1.82, 2.24) is 15.5 Å². The van der Waals surface area contributed by atoms with Crippen LogP contribution in [0.15, 0.2) is 0 Å². The number of carboxylic acid groups (broad SMARTS) is 1. The second kappa shape index (κ2) is 9.60. The number of hydrogen-bond donors (Lipinski definition) is 3. The molecule has 1 heterocycles. The Morgan fingerprint density at radius 2 is 2.10 bits per heavy atom. The Labute approximate surface area is 127 Å². The maximum atomic E-state index is 11.7. The first kappa shape index (κ1) is 17.8. The van der Waals surface area contributed by atoms with E-state index in [-0.39, 0.29) is 12.5 Å². The number of hydrogen-bond acceptors (Lipinski definition) is 3. The molecule has 0 aromatic rings. The Morgan fingerprint density at radius 3 is 2.67 bits per heavy atom. The van der Waals surface area contributed by atoms with E-state index < -0.39 is 5.97 Å². The quantitative estimate of drug-likeness (QED) is 0.603. The molecule has 21 heavy (non-hydrogen) atoms. The molecule has 1 fully saturated rings. The number of carboxylic acids is 1. The molecule has 1 rings (SSSR count). The van der Waals surface area contributed by atoms with Crippen LogP contribution in [-0.4, -0.2) is 55.2 Å². The number of nitrogens with zero attached hydrogens (tertiary/aromatic N) is 1. The third-order valence-electron chi connectivity index (χ3n) is 4.22. The molecule has 2 unspecified atom stereocenters. The molecule has 1 aliphatic rings. The van der Waals surface area contributed by atoms with Crippen molar-refractivity contribution in [2.75, 3.05) is 33.2 Å². The van der Waals surface area contributed by atoms with Gasteiger partial charge in [0.15, 0.2) is 0 Å². The Kier molecular flexibility index (Phi) is 8.12. The molecule has 0 aromatic heterocycles. The maximum absolute atomic E-state index is 11.7. The van der Waals surface area contributed by atoms with Crippen LogP contribution in [-0.2, 0) is 4.79 Å². The van der Waals surface area contributed by atoms with Crippen LogP contribution in [0.4, 0.5) is 4.79 Å². The lowest BCUT2D eigenvalue weighted by molar-refractivity contribution is -0.137. The van der Waals surface area contributed by atoms with Crippen LogP contribution >= 0.6 is 0 Å². The van der Waals surface area contributed by atoms with Crippen LogP contribution in [0.25, 0.3) is 0 Å². The van der Waals surface area contributed by atoms with E-state index in [1.807, 2.05) is 0 Å². The van der Waals surface area contributed by atoms with Gasteiger partial charge in [-0.25, -0.2) is 4.79 Å². The highest BCUT2D eigenvalue weighted by atomic mass is 16.4. The second-order valence-electron chi connectivity index (χ2n) is 6.05. The van der Waals surface area contributed by atoms with E-state index in [1.165, 1.54) is 0 Å². The number of carbonyl (C=O) groups excluding carboxylic acids is 1.